The number of nitrogens with zero attached hydrogens (tertiary/aromatic N) is 1. The lowest BCUT2D eigenvalue weighted by atomic mass is 10.1. The van der Waals surface area contributed by atoms with Gasteiger partial charge in [0, 0.05) is 19.3 Å². The first-order valence-electron chi connectivity index (χ1n) is 6.37. The maximum absolute atomic E-state index is 11.7. The number of nitrogens with two attached hydrogens (primary N) is 1. The average Bonchev–Trinajstić information content (AvgIpc) is 2.81. The van der Waals surface area contributed by atoms with Crippen molar-refractivity contribution in [1.82, 2.24) is 0 Å². The van der Waals surface area contributed by atoms with Crippen LogP contribution in [-0.2, 0) is 22.9 Å². The van der Waals surface area contributed by atoms with Crippen LogP contribution in [0.1, 0.15) is 11.1 Å². The van der Waals surface area contributed by atoms with Gasteiger partial charge in [-0.3, -0.25) is 0 Å². The zero-order valence-electron chi connectivity index (χ0n) is 11.2. The van der Waals surface area contributed by atoms with Gasteiger partial charge >= 0.3 is 0 Å². The fourth-order valence-corrected chi connectivity index (χ4v) is 3.46. The van der Waals surface area contributed by atoms with Crippen molar-refractivity contribution in [3.05, 3.63) is 53.6 Å². The van der Waals surface area contributed by atoms with Crippen LogP contribution in [0.3, 0.4) is 0 Å². The Morgan fingerprint density at radius 1 is 1.00 bits per heavy atom. The first-order valence-corrected chi connectivity index (χ1v) is 8.26. The van der Waals surface area contributed by atoms with Crippen molar-refractivity contribution in [2.45, 2.75) is 18.0 Å². The van der Waals surface area contributed by atoms with Crippen molar-refractivity contribution in [2.24, 2.45) is 0 Å². The number of hydrogen-bond donors (Lipinski definition) is 1. The third-order valence-electron chi connectivity index (χ3n) is 3.62. The first kappa shape index (κ1) is 13.0. The van der Waals surface area contributed by atoms with Crippen LogP contribution in [-0.4, -0.2) is 14.7 Å². The highest BCUT2D eigenvalue weighted by Gasteiger charge is 2.22. The van der Waals surface area contributed by atoms with E-state index < -0.39 is 9.84 Å². The minimum absolute atomic E-state index is 0.200. The van der Waals surface area contributed by atoms with Crippen LogP contribution < -0.4 is 10.6 Å². The summed E-state index contributed by atoms with van der Waals surface area (Å²) in [5.74, 6) is 0. The quantitative estimate of drug-likeness (QED) is 0.860. The Labute approximate surface area is 118 Å². The average molecular weight is 288 g/mol. The van der Waals surface area contributed by atoms with Crippen LogP contribution in [0.2, 0.25) is 0 Å². The molecule has 0 saturated carbocycles. The van der Waals surface area contributed by atoms with Gasteiger partial charge in [0.2, 0.25) is 0 Å². The molecule has 0 amide bonds. The van der Waals surface area contributed by atoms with Gasteiger partial charge in [0.25, 0.3) is 0 Å². The molecule has 0 bridgehead atoms. The van der Waals surface area contributed by atoms with Gasteiger partial charge in [0.15, 0.2) is 9.84 Å². The molecule has 1 heterocycles. The molecule has 0 aliphatic carbocycles. The van der Waals surface area contributed by atoms with Crippen molar-refractivity contribution < 1.29 is 8.42 Å². The van der Waals surface area contributed by atoms with Crippen molar-refractivity contribution in [2.75, 3.05) is 16.9 Å². The van der Waals surface area contributed by atoms with E-state index in [1.807, 2.05) is 18.2 Å². The van der Waals surface area contributed by atoms with E-state index in [1.54, 1.807) is 12.1 Å². The summed E-state index contributed by atoms with van der Waals surface area (Å²) in [7, 11) is -3.30. The third kappa shape index (κ3) is 2.14. The molecule has 0 radical (unpaired) electrons. The molecular weight excluding hydrogens is 272 g/mol. The molecule has 0 atom stereocenters. The van der Waals surface area contributed by atoms with Crippen LogP contribution in [0.5, 0.6) is 0 Å². The summed E-state index contributed by atoms with van der Waals surface area (Å²) in [6.45, 7) is 1.52. The standard InChI is InChI=1S/C15H16N2O2S/c1-20(18,19)14-8-4-7-13(15(14)16)17-9-11-5-2-3-6-12(11)10-17/h2-8H,9-10,16H2,1H3. The maximum Gasteiger partial charge on any atom is 0.177 e. The normalized spacial score (nSPS) is 14.3. The molecule has 104 valence electrons. The second kappa shape index (κ2) is 4.52. The zero-order valence-corrected chi connectivity index (χ0v) is 12.0. The van der Waals surface area contributed by atoms with Crippen LogP contribution in [0.15, 0.2) is 47.4 Å². The lowest BCUT2D eigenvalue weighted by Gasteiger charge is -2.21. The number of para-hydroxylation sites is 1. The molecule has 2 N–H and O–H groups in total. The lowest BCUT2D eigenvalue weighted by Crippen LogP contribution is -2.17. The number of fused-ring (bicyclic) bond motifs is 1. The highest BCUT2D eigenvalue weighted by molar-refractivity contribution is 7.90. The molecule has 3 rings (SSSR count). The summed E-state index contributed by atoms with van der Waals surface area (Å²) < 4.78 is 23.5. The lowest BCUT2D eigenvalue weighted by molar-refractivity contribution is 0.602. The minimum atomic E-state index is -3.30. The van der Waals surface area contributed by atoms with Gasteiger partial charge in [0.1, 0.15) is 0 Å². The van der Waals surface area contributed by atoms with Crippen molar-refractivity contribution in [3.8, 4) is 0 Å². The Hall–Kier alpha value is -2.01. The van der Waals surface area contributed by atoms with Crippen LogP contribution >= 0.6 is 0 Å². The van der Waals surface area contributed by atoms with Gasteiger partial charge in [-0.25, -0.2) is 8.42 Å². The van der Waals surface area contributed by atoms with Crippen molar-refractivity contribution in [1.29, 1.82) is 0 Å². The smallest absolute Gasteiger partial charge is 0.177 e. The van der Waals surface area contributed by atoms with Crippen LogP contribution in [0, 0.1) is 0 Å². The van der Waals surface area contributed by atoms with Gasteiger partial charge in [-0.05, 0) is 23.3 Å². The highest BCUT2D eigenvalue weighted by atomic mass is 32.2. The number of nitrogen functional groups attached to an aromatic ring is 1. The molecule has 2 aromatic carbocycles. The second-order valence-corrected chi connectivity index (χ2v) is 7.07. The fourth-order valence-electron chi connectivity index (χ4n) is 2.64. The summed E-state index contributed by atoms with van der Waals surface area (Å²) in [4.78, 5) is 2.31. The Balaban J connectivity index is 2.02. The summed E-state index contributed by atoms with van der Waals surface area (Å²) in [5, 5.41) is 0. The molecule has 0 spiro atoms. The molecular formula is C15H16N2O2S. The SMILES string of the molecule is CS(=O)(=O)c1cccc(N2Cc3ccccc3C2)c1N. The molecule has 20 heavy (non-hydrogen) atoms. The molecule has 0 aromatic heterocycles. The predicted molar refractivity (Wildman–Crippen MR) is 80.3 cm³/mol. The van der Waals surface area contributed by atoms with Crippen molar-refractivity contribution in [3.63, 3.8) is 0 Å². The molecule has 1 aliphatic rings. The van der Waals surface area contributed by atoms with E-state index in [0.29, 0.717) is 5.69 Å². The van der Waals surface area contributed by atoms with Gasteiger partial charge in [0.05, 0.1) is 16.3 Å². The highest BCUT2D eigenvalue weighted by Crippen LogP contribution is 2.35. The monoisotopic (exact) mass is 288 g/mol. The van der Waals surface area contributed by atoms with E-state index in [1.165, 1.54) is 17.4 Å². The van der Waals surface area contributed by atoms with Gasteiger partial charge < -0.3 is 10.6 Å². The van der Waals surface area contributed by atoms with Gasteiger partial charge in [-0.2, -0.15) is 0 Å². The Morgan fingerprint density at radius 2 is 1.60 bits per heavy atom. The largest absolute Gasteiger partial charge is 0.396 e. The maximum atomic E-state index is 11.7. The fraction of sp³-hybridized carbons (Fsp3) is 0.200. The van der Waals surface area contributed by atoms with E-state index in [-0.39, 0.29) is 4.90 Å². The van der Waals surface area contributed by atoms with Gasteiger partial charge in [-0.1, -0.05) is 30.3 Å². The Bertz CT molecular complexity index is 744. The number of hydrogen-bond acceptors (Lipinski definition) is 4. The number of anilines is 2. The summed E-state index contributed by atoms with van der Waals surface area (Å²) in [5.41, 5.74) is 9.70. The number of rotatable bonds is 2. The van der Waals surface area contributed by atoms with E-state index in [0.717, 1.165) is 18.8 Å². The van der Waals surface area contributed by atoms with E-state index in [9.17, 15) is 8.42 Å². The molecule has 4 nitrogen and oxygen atoms in total. The summed E-state index contributed by atoms with van der Waals surface area (Å²) in [6.07, 6.45) is 1.18. The summed E-state index contributed by atoms with van der Waals surface area (Å²) >= 11 is 0. The molecule has 0 saturated heterocycles. The van der Waals surface area contributed by atoms with E-state index in [2.05, 4.69) is 17.0 Å². The topological polar surface area (TPSA) is 63.4 Å². The first-order chi connectivity index (χ1) is 9.47. The number of sulfone groups is 1. The molecule has 0 fully saturated rings. The Kier molecular flexibility index (Phi) is 2.94. The number of benzene rings is 2. The van der Waals surface area contributed by atoms with Gasteiger partial charge in [-0.15, -0.1) is 0 Å². The van der Waals surface area contributed by atoms with E-state index in [4.69, 9.17) is 5.73 Å². The zero-order chi connectivity index (χ0) is 14.3. The molecule has 2 aromatic rings. The van der Waals surface area contributed by atoms with Crippen LogP contribution in [0.4, 0.5) is 11.4 Å². The predicted octanol–water partition coefficient (Wildman–Crippen LogP) is 2.19. The van der Waals surface area contributed by atoms with Crippen molar-refractivity contribution >= 4 is 21.2 Å². The van der Waals surface area contributed by atoms with E-state index >= 15 is 0 Å². The van der Waals surface area contributed by atoms with Crippen LogP contribution in [0.25, 0.3) is 0 Å². The second-order valence-electron chi connectivity index (χ2n) is 5.09. The Morgan fingerprint density at radius 3 is 2.15 bits per heavy atom. The minimum Gasteiger partial charge on any atom is -0.396 e. The summed E-state index contributed by atoms with van der Waals surface area (Å²) in [6, 6.07) is 13.4. The molecule has 0 unspecified atom stereocenters. The molecule has 1 aliphatic heterocycles. The third-order valence-corrected chi connectivity index (χ3v) is 4.78. The molecule has 5 heteroatoms.